The van der Waals surface area contributed by atoms with Gasteiger partial charge in [0.15, 0.2) is 5.69 Å². The third-order valence-electron chi connectivity index (χ3n) is 3.73. The summed E-state index contributed by atoms with van der Waals surface area (Å²) in [6.07, 6.45) is 0. The van der Waals surface area contributed by atoms with E-state index in [4.69, 9.17) is 0 Å². The molecule has 0 fully saturated rings. The predicted octanol–water partition coefficient (Wildman–Crippen LogP) is 2.38. The normalized spacial score (nSPS) is 10.4. The fourth-order valence-corrected chi connectivity index (χ4v) is 2.33. The van der Waals surface area contributed by atoms with Gasteiger partial charge in [-0.1, -0.05) is 60.2 Å². The Bertz CT molecular complexity index is 948. The summed E-state index contributed by atoms with van der Waals surface area (Å²) < 4.78 is 0. The van der Waals surface area contributed by atoms with Crippen molar-refractivity contribution in [3.63, 3.8) is 0 Å². The summed E-state index contributed by atoms with van der Waals surface area (Å²) in [5.41, 5.74) is 1.62. The molecule has 1 amide bonds. The number of aromatic amines is 1. The maximum absolute atomic E-state index is 12.4. The average molecular weight is 335 g/mol. The highest BCUT2D eigenvalue weighted by Gasteiger charge is 2.18. The number of aromatic nitrogens is 2. The van der Waals surface area contributed by atoms with Crippen molar-refractivity contribution in [2.45, 2.75) is 13.5 Å². The Balaban J connectivity index is 1.85. The molecule has 0 bridgehead atoms. The summed E-state index contributed by atoms with van der Waals surface area (Å²) in [5.74, 6) is -1.08. The summed E-state index contributed by atoms with van der Waals surface area (Å²) >= 11 is 0. The first kappa shape index (κ1) is 16.4. The van der Waals surface area contributed by atoms with Gasteiger partial charge < -0.3 is 15.4 Å². The Hall–Kier alpha value is -3.41. The first-order valence-electron chi connectivity index (χ1n) is 7.77. The van der Waals surface area contributed by atoms with Gasteiger partial charge in [-0.3, -0.25) is 9.59 Å². The highest BCUT2D eigenvalue weighted by molar-refractivity contribution is 5.95. The lowest BCUT2D eigenvalue weighted by Crippen LogP contribution is -2.26. The van der Waals surface area contributed by atoms with Crippen LogP contribution in [0.3, 0.4) is 0 Å². The van der Waals surface area contributed by atoms with Crippen molar-refractivity contribution < 1.29 is 9.90 Å². The van der Waals surface area contributed by atoms with E-state index in [1.165, 1.54) is 0 Å². The first-order valence-corrected chi connectivity index (χ1v) is 7.77. The molecular formula is C19H17N3O3. The largest absolute Gasteiger partial charge is 0.501 e. The minimum absolute atomic E-state index is 0.226. The maximum Gasteiger partial charge on any atom is 0.294 e. The molecule has 0 atom stereocenters. The number of hydrogen-bond donors (Lipinski definition) is 3. The quantitative estimate of drug-likeness (QED) is 0.682. The van der Waals surface area contributed by atoms with Crippen molar-refractivity contribution in [2.75, 3.05) is 0 Å². The molecule has 3 rings (SSSR count). The van der Waals surface area contributed by atoms with Crippen molar-refractivity contribution in [2.24, 2.45) is 0 Å². The molecular weight excluding hydrogens is 318 g/mol. The van der Waals surface area contributed by atoms with E-state index in [-0.39, 0.29) is 18.1 Å². The van der Waals surface area contributed by atoms with E-state index < -0.39 is 17.2 Å². The molecule has 6 nitrogen and oxygen atoms in total. The first-order chi connectivity index (χ1) is 12.0. The molecule has 6 heteroatoms. The van der Waals surface area contributed by atoms with E-state index in [1.807, 2.05) is 37.3 Å². The van der Waals surface area contributed by atoms with E-state index in [9.17, 15) is 14.7 Å². The number of aromatic hydroxyl groups is 1. The van der Waals surface area contributed by atoms with Crippen LogP contribution in [0.15, 0.2) is 59.4 Å². The Morgan fingerprint density at radius 1 is 1.12 bits per heavy atom. The van der Waals surface area contributed by atoms with Crippen molar-refractivity contribution in [3.8, 4) is 17.1 Å². The monoisotopic (exact) mass is 335 g/mol. The summed E-state index contributed by atoms with van der Waals surface area (Å²) in [7, 11) is 0. The molecule has 126 valence electrons. The zero-order valence-corrected chi connectivity index (χ0v) is 13.6. The molecule has 0 saturated heterocycles. The molecule has 1 heterocycles. The predicted molar refractivity (Wildman–Crippen MR) is 94.3 cm³/mol. The number of nitrogens with one attached hydrogen (secondary N) is 2. The molecule has 0 saturated carbocycles. The van der Waals surface area contributed by atoms with Crippen LogP contribution in [0.4, 0.5) is 0 Å². The van der Waals surface area contributed by atoms with Crippen LogP contribution >= 0.6 is 0 Å². The third kappa shape index (κ3) is 3.74. The van der Waals surface area contributed by atoms with E-state index in [1.54, 1.807) is 24.3 Å². The SMILES string of the molecule is Cc1ccc(CNC(=O)c2nc(-c3ccccc3)[nH]c(=O)c2O)cc1. The van der Waals surface area contributed by atoms with Crippen LogP contribution in [-0.4, -0.2) is 21.0 Å². The number of rotatable bonds is 4. The number of aryl methyl sites for hydroxylation is 1. The van der Waals surface area contributed by atoms with Gasteiger partial charge in [0.2, 0.25) is 5.75 Å². The van der Waals surface area contributed by atoms with Crippen LogP contribution in [0.25, 0.3) is 11.4 Å². The average Bonchev–Trinajstić information content (AvgIpc) is 2.64. The number of H-pyrrole nitrogens is 1. The number of hydrogen-bond acceptors (Lipinski definition) is 4. The number of benzene rings is 2. The summed E-state index contributed by atoms with van der Waals surface area (Å²) in [4.78, 5) is 30.9. The topological polar surface area (TPSA) is 95.1 Å². The smallest absolute Gasteiger partial charge is 0.294 e. The van der Waals surface area contributed by atoms with Crippen molar-refractivity contribution in [3.05, 3.63) is 81.8 Å². The minimum atomic E-state index is -0.755. The molecule has 3 N–H and O–H groups in total. The molecule has 0 aliphatic carbocycles. The number of amides is 1. The molecule has 0 unspecified atom stereocenters. The second-order valence-electron chi connectivity index (χ2n) is 5.65. The molecule has 0 radical (unpaired) electrons. The fraction of sp³-hybridized carbons (Fsp3) is 0.105. The van der Waals surface area contributed by atoms with Crippen molar-refractivity contribution >= 4 is 5.91 Å². The lowest BCUT2D eigenvalue weighted by atomic mass is 10.1. The molecule has 0 spiro atoms. The van der Waals surface area contributed by atoms with E-state index in [0.717, 1.165) is 11.1 Å². The Morgan fingerprint density at radius 2 is 1.80 bits per heavy atom. The zero-order valence-electron chi connectivity index (χ0n) is 13.6. The fourth-order valence-electron chi connectivity index (χ4n) is 2.33. The Kier molecular flexibility index (Phi) is 4.61. The summed E-state index contributed by atoms with van der Waals surface area (Å²) in [6.45, 7) is 2.25. The van der Waals surface area contributed by atoms with Gasteiger partial charge in [-0.2, -0.15) is 0 Å². The molecule has 0 aliphatic rings. The van der Waals surface area contributed by atoms with Crippen LogP contribution < -0.4 is 10.9 Å². The van der Waals surface area contributed by atoms with E-state index >= 15 is 0 Å². The van der Waals surface area contributed by atoms with Gasteiger partial charge in [-0.15, -0.1) is 0 Å². The van der Waals surface area contributed by atoms with E-state index in [0.29, 0.717) is 5.56 Å². The van der Waals surface area contributed by atoms with Crippen LogP contribution in [0, 0.1) is 6.92 Å². The maximum atomic E-state index is 12.4. The van der Waals surface area contributed by atoms with Gasteiger partial charge >= 0.3 is 0 Å². The van der Waals surface area contributed by atoms with Gasteiger partial charge in [0.1, 0.15) is 5.82 Å². The van der Waals surface area contributed by atoms with Crippen LogP contribution in [0.1, 0.15) is 21.6 Å². The third-order valence-corrected chi connectivity index (χ3v) is 3.73. The lowest BCUT2D eigenvalue weighted by Gasteiger charge is -2.08. The molecule has 0 aliphatic heterocycles. The highest BCUT2D eigenvalue weighted by atomic mass is 16.3. The van der Waals surface area contributed by atoms with Crippen LogP contribution in [0.2, 0.25) is 0 Å². The van der Waals surface area contributed by atoms with Crippen molar-refractivity contribution in [1.82, 2.24) is 15.3 Å². The second kappa shape index (κ2) is 7.00. The standard InChI is InChI=1S/C19H17N3O3/c1-12-7-9-13(10-8-12)11-20-18(24)15-16(23)19(25)22-17(21-15)14-5-3-2-4-6-14/h2-10,23H,11H2,1H3,(H,20,24)(H,21,22,25). The molecule has 3 aromatic rings. The van der Waals surface area contributed by atoms with Crippen molar-refractivity contribution in [1.29, 1.82) is 0 Å². The molecule has 2 aromatic carbocycles. The van der Waals surface area contributed by atoms with Gasteiger partial charge in [0.25, 0.3) is 11.5 Å². The second-order valence-corrected chi connectivity index (χ2v) is 5.65. The minimum Gasteiger partial charge on any atom is -0.501 e. The molecule has 1 aromatic heterocycles. The Morgan fingerprint density at radius 3 is 2.48 bits per heavy atom. The van der Waals surface area contributed by atoms with Gasteiger partial charge in [0.05, 0.1) is 0 Å². The van der Waals surface area contributed by atoms with Crippen LogP contribution in [0.5, 0.6) is 5.75 Å². The van der Waals surface area contributed by atoms with Crippen LogP contribution in [-0.2, 0) is 6.54 Å². The van der Waals surface area contributed by atoms with E-state index in [2.05, 4.69) is 15.3 Å². The highest BCUT2D eigenvalue weighted by Crippen LogP contribution is 2.16. The lowest BCUT2D eigenvalue weighted by molar-refractivity contribution is 0.0942. The van der Waals surface area contributed by atoms with Gasteiger partial charge in [-0.25, -0.2) is 4.98 Å². The number of carbonyl (C=O) groups excluding carboxylic acids is 1. The summed E-state index contributed by atoms with van der Waals surface area (Å²) in [5, 5.41) is 12.6. The zero-order chi connectivity index (χ0) is 17.8. The molecule has 25 heavy (non-hydrogen) atoms. The summed E-state index contributed by atoms with van der Waals surface area (Å²) in [6, 6.07) is 16.6. The Labute approximate surface area is 144 Å². The number of nitrogens with zero attached hydrogens (tertiary/aromatic N) is 1. The number of carbonyl (C=O) groups is 1. The van der Waals surface area contributed by atoms with Gasteiger partial charge in [0, 0.05) is 12.1 Å². The van der Waals surface area contributed by atoms with Gasteiger partial charge in [-0.05, 0) is 12.5 Å².